The molecule has 2 aromatic carbocycles. The standard InChI is InChI=1S/C32H40N2O7S/c1-3-21-4-12-27(13-5-21)34-32(38)26-17-25(18-29(19-26)42(39,40)41)30(36)16-22-6-14-28(15-7-22)33-31(37)24-10-8-23(9-11-24)20(2)35/h8-11,17-19,21-22,27-28H,3-7,12-16H2,1-2H3,(H,33,37)(H,34,38)(H,39,40,41). The van der Waals surface area contributed by atoms with Crippen molar-refractivity contribution in [3.63, 3.8) is 0 Å². The maximum absolute atomic E-state index is 13.2. The van der Waals surface area contributed by atoms with E-state index in [0.29, 0.717) is 42.7 Å². The lowest BCUT2D eigenvalue weighted by molar-refractivity contribution is 0.0895. The molecular weight excluding hydrogens is 556 g/mol. The van der Waals surface area contributed by atoms with Crippen molar-refractivity contribution in [3.8, 4) is 0 Å². The first-order chi connectivity index (χ1) is 19.9. The Morgan fingerprint density at radius 3 is 1.69 bits per heavy atom. The van der Waals surface area contributed by atoms with Gasteiger partial charge in [-0.2, -0.15) is 8.42 Å². The molecule has 9 nitrogen and oxygen atoms in total. The predicted molar refractivity (Wildman–Crippen MR) is 158 cm³/mol. The van der Waals surface area contributed by atoms with Crippen molar-refractivity contribution in [2.24, 2.45) is 11.8 Å². The van der Waals surface area contributed by atoms with E-state index in [2.05, 4.69) is 17.6 Å². The number of carbonyl (C=O) groups excluding carboxylic acids is 4. The second-order valence-electron chi connectivity index (χ2n) is 11.8. The molecule has 0 unspecified atom stereocenters. The number of Topliss-reactive ketones (excluding diaryl/α,β-unsaturated/α-hetero) is 2. The molecule has 0 bridgehead atoms. The summed E-state index contributed by atoms with van der Waals surface area (Å²) in [4.78, 5) is 49.9. The molecule has 4 rings (SSSR count). The highest BCUT2D eigenvalue weighted by atomic mass is 32.2. The Hall–Kier alpha value is -3.37. The summed E-state index contributed by atoms with van der Waals surface area (Å²) < 4.78 is 33.6. The number of amides is 2. The van der Waals surface area contributed by atoms with E-state index in [1.54, 1.807) is 24.3 Å². The van der Waals surface area contributed by atoms with Gasteiger partial charge in [0.1, 0.15) is 0 Å². The van der Waals surface area contributed by atoms with Crippen LogP contribution >= 0.6 is 0 Å². The summed E-state index contributed by atoms with van der Waals surface area (Å²) in [5.74, 6) is -0.333. The van der Waals surface area contributed by atoms with Gasteiger partial charge in [-0.15, -0.1) is 0 Å². The van der Waals surface area contributed by atoms with Crippen LogP contribution in [0.2, 0.25) is 0 Å². The number of ketones is 2. The number of hydrogen-bond donors (Lipinski definition) is 3. The first-order valence-electron chi connectivity index (χ1n) is 14.8. The van der Waals surface area contributed by atoms with E-state index in [-0.39, 0.29) is 53.0 Å². The highest BCUT2D eigenvalue weighted by Crippen LogP contribution is 2.30. The molecule has 0 radical (unpaired) electrons. The molecule has 226 valence electrons. The molecule has 10 heteroatoms. The lowest BCUT2D eigenvalue weighted by Gasteiger charge is -2.29. The summed E-state index contributed by atoms with van der Waals surface area (Å²) >= 11 is 0. The Balaban J connectivity index is 1.35. The van der Waals surface area contributed by atoms with E-state index in [9.17, 15) is 32.1 Å². The van der Waals surface area contributed by atoms with Gasteiger partial charge in [-0.25, -0.2) is 0 Å². The van der Waals surface area contributed by atoms with Crippen LogP contribution < -0.4 is 10.6 Å². The van der Waals surface area contributed by atoms with Gasteiger partial charge in [0.05, 0.1) is 4.90 Å². The van der Waals surface area contributed by atoms with Gasteiger partial charge in [0.15, 0.2) is 11.6 Å². The van der Waals surface area contributed by atoms with Gasteiger partial charge in [0.25, 0.3) is 21.9 Å². The predicted octanol–water partition coefficient (Wildman–Crippen LogP) is 5.40. The van der Waals surface area contributed by atoms with Gasteiger partial charge in [0.2, 0.25) is 0 Å². The SMILES string of the molecule is CCC1CCC(NC(=O)c2cc(C(=O)CC3CCC(NC(=O)c4ccc(C(C)=O)cc4)CC3)cc(S(=O)(=O)O)c2)CC1. The number of nitrogens with one attached hydrogen (secondary N) is 2. The average molecular weight is 597 g/mol. The third-order valence-corrected chi connectivity index (χ3v) is 9.59. The molecule has 2 saturated carbocycles. The lowest BCUT2D eigenvalue weighted by atomic mass is 9.82. The van der Waals surface area contributed by atoms with Crippen LogP contribution in [-0.4, -0.2) is 48.4 Å². The summed E-state index contributed by atoms with van der Waals surface area (Å²) in [6, 6.07) is 10.1. The number of hydrogen-bond acceptors (Lipinski definition) is 6. The zero-order chi connectivity index (χ0) is 30.4. The van der Waals surface area contributed by atoms with Crippen LogP contribution in [0.25, 0.3) is 0 Å². The summed E-state index contributed by atoms with van der Waals surface area (Å²) in [6.45, 7) is 3.63. The molecule has 3 N–H and O–H groups in total. The first kappa shape index (κ1) is 31.6. The second kappa shape index (κ2) is 13.7. The van der Waals surface area contributed by atoms with Gasteiger partial charge in [-0.05, 0) is 100 Å². The third kappa shape index (κ3) is 8.35. The minimum atomic E-state index is -4.63. The molecular formula is C32H40N2O7S. The maximum atomic E-state index is 13.2. The molecule has 0 aliphatic heterocycles. The van der Waals surface area contributed by atoms with E-state index in [0.717, 1.165) is 44.2 Å². The van der Waals surface area contributed by atoms with Crippen molar-refractivity contribution in [1.82, 2.24) is 10.6 Å². The maximum Gasteiger partial charge on any atom is 0.294 e. The number of benzene rings is 2. The molecule has 0 aromatic heterocycles. The van der Waals surface area contributed by atoms with Crippen LogP contribution in [0.1, 0.15) is 119 Å². The average Bonchev–Trinajstić information content (AvgIpc) is 2.97. The van der Waals surface area contributed by atoms with E-state index >= 15 is 0 Å². The summed E-state index contributed by atoms with van der Waals surface area (Å²) in [7, 11) is -4.63. The van der Waals surface area contributed by atoms with Crippen LogP contribution in [-0.2, 0) is 10.1 Å². The summed E-state index contributed by atoms with van der Waals surface area (Å²) in [6.07, 6.45) is 7.81. The highest BCUT2D eigenvalue weighted by molar-refractivity contribution is 7.85. The Kier molecular flexibility index (Phi) is 10.3. The second-order valence-corrected chi connectivity index (χ2v) is 13.2. The quantitative estimate of drug-likeness (QED) is 0.246. The lowest BCUT2D eigenvalue weighted by Crippen LogP contribution is -2.38. The Morgan fingerprint density at radius 2 is 1.19 bits per heavy atom. The molecule has 42 heavy (non-hydrogen) atoms. The fraction of sp³-hybridized carbons (Fsp3) is 0.500. The van der Waals surface area contributed by atoms with Crippen LogP contribution in [0.15, 0.2) is 47.4 Å². The minimum Gasteiger partial charge on any atom is -0.349 e. The molecule has 2 aliphatic carbocycles. The van der Waals surface area contributed by atoms with Gasteiger partial charge >= 0.3 is 0 Å². The topological polar surface area (TPSA) is 147 Å². The van der Waals surface area contributed by atoms with Crippen molar-refractivity contribution < 1.29 is 32.1 Å². The van der Waals surface area contributed by atoms with Crippen LogP contribution in [0, 0.1) is 11.8 Å². The van der Waals surface area contributed by atoms with Crippen molar-refractivity contribution in [3.05, 3.63) is 64.7 Å². The molecule has 0 spiro atoms. The van der Waals surface area contributed by atoms with E-state index in [1.165, 1.54) is 13.0 Å². The number of carbonyl (C=O) groups is 4. The number of rotatable bonds is 10. The van der Waals surface area contributed by atoms with Gasteiger partial charge in [0, 0.05) is 40.8 Å². The zero-order valence-corrected chi connectivity index (χ0v) is 25.0. The van der Waals surface area contributed by atoms with Crippen LogP contribution in [0.4, 0.5) is 0 Å². The van der Waals surface area contributed by atoms with Gasteiger partial charge in [-0.3, -0.25) is 23.7 Å². The molecule has 2 aliphatic rings. The molecule has 0 atom stereocenters. The molecule has 2 aromatic rings. The van der Waals surface area contributed by atoms with E-state index in [1.807, 2.05) is 0 Å². The monoisotopic (exact) mass is 596 g/mol. The molecule has 0 heterocycles. The Bertz CT molecular complexity index is 1420. The molecule has 0 saturated heterocycles. The van der Waals surface area contributed by atoms with Gasteiger partial charge < -0.3 is 10.6 Å². The smallest absolute Gasteiger partial charge is 0.294 e. The summed E-state index contributed by atoms with van der Waals surface area (Å²) in [5, 5.41) is 5.99. The fourth-order valence-electron chi connectivity index (χ4n) is 6.04. The third-order valence-electron chi connectivity index (χ3n) is 8.76. The van der Waals surface area contributed by atoms with Crippen molar-refractivity contribution in [2.75, 3.05) is 0 Å². The largest absolute Gasteiger partial charge is 0.349 e. The van der Waals surface area contributed by atoms with E-state index in [4.69, 9.17) is 0 Å². The van der Waals surface area contributed by atoms with Crippen LogP contribution in [0.3, 0.4) is 0 Å². The minimum absolute atomic E-state index is 0.00979. The first-order valence-corrected chi connectivity index (χ1v) is 16.3. The zero-order valence-electron chi connectivity index (χ0n) is 24.2. The van der Waals surface area contributed by atoms with Crippen molar-refractivity contribution in [1.29, 1.82) is 0 Å². The fourth-order valence-corrected chi connectivity index (χ4v) is 6.59. The Labute approximate surface area is 247 Å². The summed E-state index contributed by atoms with van der Waals surface area (Å²) in [5.41, 5.74) is 1.13. The van der Waals surface area contributed by atoms with Gasteiger partial charge in [-0.1, -0.05) is 25.5 Å². The van der Waals surface area contributed by atoms with Crippen LogP contribution in [0.5, 0.6) is 0 Å². The van der Waals surface area contributed by atoms with Crippen molar-refractivity contribution in [2.45, 2.75) is 95.0 Å². The van der Waals surface area contributed by atoms with Crippen molar-refractivity contribution >= 4 is 33.5 Å². The highest BCUT2D eigenvalue weighted by Gasteiger charge is 2.27. The van der Waals surface area contributed by atoms with E-state index < -0.39 is 20.9 Å². The Morgan fingerprint density at radius 1 is 0.714 bits per heavy atom. The normalized spacial score (nSPS) is 22.6. The molecule has 2 amide bonds. The molecule has 2 fully saturated rings.